The molecular formula is C17H22N2O3. The van der Waals surface area contributed by atoms with Gasteiger partial charge in [0.05, 0.1) is 0 Å². The number of carbonyl (C=O) groups is 1. The molecule has 2 aromatic rings. The normalized spacial score (nSPS) is 11.3. The molecule has 1 N–H and O–H groups in total. The molecule has 0 radical (unpaired) electrons. The summed E-state index contributed by atoms with van der Waals surface area (Å²) < 4.78 is 10.9. The maximum absolute atomic E-state index is 11.7. The molecule has 2 rings (SSSR count). The van der Waals surface area contributed by atoms with Crippen LogP contribution in [0.5, 0.6) is 0 Å². The predicted octanol–water partition coefficient (Wildman–Crippen LogP) is 3.16. The molecule has 0 fully saturated rings. The molecule has 22 heavy (non-hydrogen) atoms. The van der Waals surface area contributed by atoms with Crippen LogP contribution < -0.4 is 5.32 Å². The highest BCUT2D eigenvalue weighted by Gasteiger charge is 2.02. The lowest BCUT2D eigenvalue weighted by atomic mass is 10.3. The average molecular weight is 302 g/mol. The average Bonchev–Trinajstić information content (AvgIpc) is 2.95. The Morgan fingerprint density at radius 3 is 2.95 bits per heavy atom. The number of aromatic nitrogens is 1. The molecule has 0 unspecified atom stereocenters. The molecule has 0 saturated heterocycles. The Labute approximate surface area is 130 Å². The Morgan fingerprint density at radius 1 is 1.32 bits per heavy atom. The second-order valence-corrected chi connectivity index (χ2v) is 4.96. The fourth-order valence-corrected chi connectivity index (χ4v) is 1.90. The van der Waals surface area contributed by atoms with Crippen molar-refractivity contribution < 1.29 is 13.9 Å². The van der Waals surface area contributed by atoms with Crippen molar-refractivity contribution >= 4 is 23.1 Å². The van der Waals surface area contributed by atoms with E-state index >= 15 is 0 Å². The number of amides is 1. The van der Waals surface area contributed by atoms with Gasteiger partial charge in [-0.3, -0.25) is 4.79 Å². The Kier molecular flexibility index (Phi) is 6.64. The van der Waals surface area contributed by atoms with Gasteiger partial charge in [0.25, 0.3) is 0 Å². The molecule has 1 aromatic carbocycles. The van der Waals surface area contributed by atoms with Crippen LogP contribution in [0.25, 0.3) is 17.2 Å². The molecule has 5 heteroatoms. The smallest absolute Gasteiger partial charge is 0.244 e. The van der Waals surface area contributed by atoms with Crippen molar-refractivity contribution in [2.45, 2.75) is 26.2 Å². The first kappa shape index (κ1) is 16.2. The third-order valence-electron chi connectivity index (χ3n) is 3.09. The van der Waals surface area contributed by atoms with Gasteiger partial charge in [-0.25, -0.2) is 4.98 Å². The Morgan fingerprint density at radius 2 is 2.14 bits per heavy atom. The second-order valence-electron chi connectivity index (χ2n) is 4.96. The van der Waals surface area contributed by atoms with Crippen LogP contribution in [0.4, 0.5) is 0 Å². The van der Waals surface area contributed by atoms with E-state index in [2.05, 4.69) is 17.2 Å². The first-order valence-electron chi connectivity index (χ1n) is 7.69. The number of carbonyl (C=O) groups excluding carboxylic acids is 1. The van der Waals surface area contributed by atoms with Crippen LogP contribution in [0.3, 0.4) is 0 Å². The summed E-state index contributed by atoms with van der Waals surface area (Å²) in [6, 6.07) is 7.50. The van der Waals surface area contributed by atoms with E-state index in [4.69, 9.17) is 9.15 Å². The van der Waals surface area contributed by atoms with E-state index in [0.29, 0.717) is 24.6 Å². The number of oxazole rings is 1. The Balaban J connectivity index is 1.68. The largest absolute Gasteiger partial charge is 0.437 e. The lowest BCUT2D eigenvalue weighted by Crippen LogP contribution is -2.23. The van der Waals surface area contributed by atoms with Crippen LogP contribution in [0.15, 0.2) is 34.8 Å². The first-order chi connectivity index (χ1) is 10.8. The summed E-state index contributed by atoms with van der Waals surface area (Å²) in [6.07, 6.45) is 6.04. The molecule has 0 aliphatic carbocycles. The number of ether oxygens (including phenoxy) is 1. The third-order valence-corrected chi connectivity index (χ3v) is 3.09. The summed E-state index contributed by atoms with van der Waals surface area (Å²) in [5, 5.41) is 2.80. The number of nitrogens with one attached hydrogen (secondary N) is 1. The van der Waals surface area contributed by atoms with Crippen molar-refractivity contribution in [1.29, 1.82) is 0 Å². The summed E-state index contributed by atoms with van der Waals surface area (Å²) >= 11 is 0. The number of hydrogen-bond donors (Lipinski definition) is 1. The maximum atomic E-state index is 11.7. The topological polar surface area (TPSA) is 64.4 Å². The van der Waals surface area contributed by atoms with E-state index in [1.807, 2.05) is 24.3 Å². The summed E-state index contributed by atoms with van der Waals surface area (Å²) in [5.41, 5.74) is 1.50. The molecule has 0 spiro atoms. The van der Waals surface area contributed by atoms with E-state index in [0.717, 1.165) is 31.4 Å². The van der Waals surface area contributed by atoms with E-state index in [1.165, 1.54) is 6.08 Å². The quantitative estimate of drug-likeness (QED) is 0.571. The minimum atomic E-state index is -0.157. The lowest BCUT2D eigenvalue weighted by molar-refractivity contribution is -0.116. The molecule has 0 saturated carbocycles. The van der Waals surface area contributed by atoms with Crippen LogP contribution in [-0.4, -0.2) is 30.6 Å². The number of rotatable bonds is 9. The SMILES string of the molecule is CCCCOCCCNC(=O)/C=C/c1nc2ccccc2o1. The van der Waals surface area contributed by atoms with E-state index in [-0.39, 0.29) is 5.91 Å². The van der Waals surface area contributed by atoms with Crippen molar-refractivity contribution in [3.05, 3.63) is 36.2 Å². The van der Waals surface area contributed by atoms with Gasteiger partial charge in [0, 0.05) is 31.9 Å². The van der Waals surface area contributed by atoms with Crippen LogP contribution in [0.2, 0.25) is 0 Å². The van der Waals surface area contributed by atoms with Gasteiger partial charge in [-0.1, -0.05) is 25.5 Å². The second kappa shape index (κ2) is 9.00. The molecule has 0 aliphatic heterocycles. The monoisotopic (exact) mass is 302 g/mol. The van der Waals surface area contributed by atoms with E-state index in [9.17, 15) is 4.79 Å². The minimum absolute atomic E-state index is 0.157. The molecule has 5 nitrogen and oxygen atoms in total. The molecule has 0 aliphatic rings. The van der Waals surface area contributed by atoms with Gasteiger partial charge in [-0.05, 0) is 25.0 Å². The van der Waals surface area contributed by atoms with Gasteiger partial charge in [-0.15, -0.1) is 0 Å². The standard InChI is InChI=1S/C17H22N2O3/c1-2-3-12-21-13-6-11-18-16(20)9-10-17-19-14-7-4-5-8-15(14)22-17/h4-5,7-10H,2-3,6,11-13H2,1H3,(H,18,20)/b10-9+. The predicted molar refractivity (Wildman–Crippen MR) is 86.4 cm³/mol. The van der Waals surface area contributed by atoms with Gasteiger partial charge in [0.1, 0.15) is 5.52 Å². The lowest BCUT2D eigenvalue weighted by Gasteiger charge is -2.03. The van der Waals surface area contributed by atoms with Crippen molar-refractivity contribution in [3.63, 3.8) is 0 Å². The van der Waals surface area contributed by atoms with Gasteiger partial charge >= 0.3 is 0 Å². The van der Waals surface area contributed by atoms with Crippen LogP contribution >= 0.6 is 0 Å². The molecule has 1 heterocycles. The minimum Gasteiger partial charge on any atom is -0.437 e. The fraction of sp³-hybridized carbons (Fsp3) is 0.412. The highest BCUT2D eigenvalue weighted by molar-refractivity contribution is 5.91. The van der Waals surface area contributed by atoms with Gasteiger partial charge < -0.3 is 14.5 Å². The molecule has 118 valence electrons. The van der Waals surface area contributed by atoms with E-state index in [1.54, 1.807) is 6.08 Å². The number of benzene rings is 1. The molecule has 1 amide bonds. The molecule has 0 atom stereocenters. The van der Waals surface area contributed by atoms with Gasteiger partial charge in [0.15, 0.2) is 5.58 Å². The van der Waals surface area contributed by atoms with Crippen LogP contribution in [-0.2, 0) is 9.53 Å². The number of unbranched alkanes of at least 4 members (excludes halogenated alkanes) is 1. The highest BCUT2D eigenvalue weighted by Crippen LogP contribution is 2.15. The number of hydrogen-bond acceptors (Lipinski definition) is 4. The van der Waals surface area contributed by atoms with Crippen molar-refractivity contribution in [3.8, 4) is 0 Å². The van der Waals surface area contributed by atoms with Crippen LogP contribution in [0.1, 0.15) is 32.1 Å². The molecule has 1 aromatic heterocycles. The highest BCUT2D eigenvalue weighted by atomic mass is 16.5. The zero-order chi connectivity index (χ0) is 15.6. The zero-order valence-corrected chi connectivity index (χ0v) is 12.9. The van der Waals surface area contributed by atoms with Gasteiger partial charge in [0.2, 0.25) is 11.8 Å². The van der Waals surface area contributed by atoms with Crippen molar-refractivity contribution in [2.75, 3.05) is 19.8 Å². The Hall–Kier alpha value is -2.14. The fourth-order valence-electron chi connectivity index (χ4n) is 1.90. The zero-order valence-electron chi connectivity index (χ0n) is 12.9. The maximum Gasteiger partial charge on any atom is 0.244 e. The summed E-state index contributed by atoms with van der Waals surface area (Å²) in [4.78, 5) is 15.9. The molecular weight excluding hydrogens is 280 g/mol. The van der Waals surface area contributed by atoms with Crippen molar-refractivity contribution in [1.82, 2.24) is 10.3 Å². The summed E-state index contributed by atoms with van der Waals surface area (Å²) in [7, 11) is 0. The third kappa shape index (κ3) is 5.33. The van der Waals surface area contributed by atoms with Crippen molar-refractivity contribution in [2.24, 2.45) is 0 Å². The number of nitrogens with zero attached hydrogens (tertiary/aromatic N) is 1. The Bertz CT molecular complexity index is 586. The number of fused-ring (bicyclic) bond motifs is 1. The van der Waals surface area contributed by atoms with Gasteiger partial charge in [-0.2, -0.15) is 0 Å². The molecule has 0 bridgehead atoms. The number of para-hydroxylation sites is 2. The van der Waals surface area contributed by atoms with E-state index < -0.39 is 0 Å². The summed E-state index contributed by atoms with van der Waals surface area (Å²) in [6.45, 7) is 4.20. The summed E-state index contributed by atoms with van der Waals surface area (Å²) in [5.74, 6) is 0.273. The van der Waals surface area contributed by atoms with Crippen LogP contribution in [0, 0.1) is 0 Å². The first-order valence-corrected chi connectivity index (χ1v) is 7.69.